The highest BCUT2D eigenvalue weighted by molar-refractivity contribution is 5.49. The topological polar surface area (TPSA) is 20.2 Å². The fraction of sp³-hybridized carbons (Fsp3) is 0.647. The van der Waals surface area contributed by atoms with Gasteiger partial charge in [-0.05, 0) is 58.8 Å². The van der Waals surface area contributed by atoms with Crippen molar-refractivity contribution in [1.82, 2.24) is 0 Å². The van der Waals surface area contributed by atoms with Crippen LogP contribution in [0, 0.1) is 0 Å². The van der Waals surface area contributed by atoms with Crippen LogP contribution in [0.3, 0.4) is 0 Å². The minimum absolute atomic E-state index is 0.230. The highest BCUT2D eigenvalue weighted by Crippen LogP contribution is 2.48. The Morgan fingerprint density at radius 3 is 2.17 bits per heavy atom. The van der Waals surface area contributed by atoms with Crippen molar-refractivity contribution in [3.63, 3.8) is 0 Å². The summed E-state index contributed by atoms with van der Waals surface area (Å²) in [6.07, 6.45) is 4.21. The first-order chi connectivity index (χ1) is 8.31. The Bertz CT molecular complexity index is 497. The molecule has 0 aliphatic heterocycles. The van der Waals surface area contributed by atoms with Gasteiger partial charge < -0.3 is 5.11 Å². The molecule has 0 saturated carbocycles. The van der Waals surface area contributed by atoms with E-state index in [1.807, 2.05) is 0 Å². The molecule has 0 saturated heterocycles. The zero-order valence-electron chi connectivity index (χ0n) is 12.0. The highest BCUT2D eigenvalue weighted by atomic mass is 16.3. The van der Waals surface area contributed by atoms with Gasteiger partial charge in [0.1, 0.15) is 0 Å². The van der Waals surface area contributed by atoms with Gasteiger partial charge in [0.25, 0.3) is 0 Å². The molecule has 98 valence electrons. The molecular weight excluding hydrogens is 220 g/mol. The third kappa shape index (κ3) is 1.64. The number of hydrogen-bond donors (Lipinski definition) is 1. The van der Waals surface area contributed by atoms with Crippen LogP contribution in [-0.2, 0) is 17.3 Å². The van der Waals surface area contributed by atoms with E-state index in [-0.39, 0.29) is 16.9 Å². The van der Waals surface area contributed by atoms with E-state index in [9.17, 15) is 5.11 Å². The SMILES string of the molecule is CC1(C)CCC(C)(C)c2cc3c(cc21)CCC3O. The van der Waals surface area contributed by atoms with Gasteiger partial charge in [0.2, 0.25) is 0 Å². The maximum atomic E-state index is 10.1. The molecular formula is C17H24O. The quantitative estimate of drug-likeness (QED) is 0.731. The molecule has 0 fully saturated rings. The minimum atomic E-state index is -0.230. The van der Waals surface area contributed by atoms with Crippen molar-refractivity contribution < 1.29 is 5.11 Å². The van der Waals surface area contributed by atoms with E-state index in [2.05, 4.69) is 39.8 Å². The van der Waals surface area contributed by atoms with Gasteiger partial charge in [-0.15, -0.1) is 0 Å². The van der Waals surface area contributed by atoms with Crippen LogP contribution in [-0.4, -0.2) is 5.11 Å². The van der Waals surface area contributed by atoms with Gasteiger partial charge in [0, 0.05) is 0 Å². The summed E-state index contributed by atoms with van der Waals surface area (Å²) in [5.41, 5.74) is 6.10. The molecule has 2 aliphatic carbocycles. The molecule has 3 rings (SSSR count). The summed E-state index contributed by atoms with van der Waals surface area (Å²) < 4.78 is 0. The Balaban J connectivity index is 2.24. The van der Waals surface area contributed by atoms with Crippen molar-refractivity contribution in [1.29, 1.82) is 0 Å². The van der Waals surface area contributed by atoms with Crippen molar-refractivity contribution >= 4 is 0 Å². The molecule has 1 heteroatoms. The monoisotopic (exact) mass is 244 g/mol. The van der Waals surface area contributed by atoms with E-state index in [1.54, 1.807) is 0 Å². The molecule has 0 aromatic heterocycles. The number of hydrogen-bond acceptors (Lipinski definition) is 1. The van der Waals surface area contributed by atoms with Crippen molar-refractivity contribution in [3.8, 4) is 0 Å². The molecule has 18 heavy (non-hydrogen) atoms. The third-order valence-corrected chi connectivity index (χ3v) is 5.16. The van der Waals surface area contributed by atoms with Crippen molar-refractivity contribution in [2.45, 2.75) is 70.3 Å². The van der Waals surface area contributed by atoms with Crippen molar-refractivity contribution in [2.24, 2.45) is 0 Å². The maximum Gasteiger partial charge on any atom is 0.0796 e. The summed E-state index contributed by atoms with van der Waals surface area (Å²) in [5.74, 6) is 0. The zero-order chi connectivity index (χ0) is 13.1. The molecule has 1 aromatic carbocycles. The van der Waals surface area contributed by atoms with E-state index in [1.165, 1.54) is 35.1 Å². The molecule has 1 nitrogen and oxygen atoms in total. The van der Waals surface area contributed by atoms with E-state index >= 15 is 0 Å². The summed E-state index contributed by atoms with van der Waals surface area (Å²) >= 11 is 0. The third-order valence-electron chi connectivity index (χ3n) is 5.16. The minimum Gasteiger partial charge on any atom is -0.388 e. The summed E-state index contributed by atoms with van der Waals surface area (Å²) in [4.78, 5) is 0. The molecule has 0 bridgehead atoms. The highest BCUT2D eigenvalue weighted by Gasteiger charge is 2.38. The molecule has 1 unspecified atom stereocenters. The first-order valence-corrected chi connectivity index (χ1v) is 7.17. The molecule has 1 aromatic rings. The van der Waals surface area contributed by atoms with Crippen LogP contribution in [0.4, 0.5) is 0 Å². The van der Waals surface area contributed by atoms with Crippen LogP contribution in [0.1, 0.15) is 75.3 Å². The van der Waals surface area contributed by atoms with E-state index in [4.69, 9.17) is 0 Å². The van der Waals surface area contributed by atoms with Crippen LogP contribution in [0.2, 0.25) is 0 Å². The first-order valence-electron chi connectivity index (χ1n) is 7.17. The van der Waals surface area contributed by atoms with Gasteiger partial charge in [-0.1, -0.05) is 39.8 Å². The lowest BCUT2D eigenvalue weighted by Crippen LogP contribution is -2.34. The Morgan fingerprint density at radius 2 is 1.56 bits per heavy atom. The van der Waals surface area contributed by atoms with E-state index in [0.29, 0.717) is 0 Å². The van der Waals surface area contributed by atoms with Gasteiger partial charge in [-0.2, -0.15) is 0 Å². The Hall–Kier alpha value is -0.820. The number of fused-ring (bicyclic) bond motifs is 2. The predicted octanol–water partition coefficient (Wildman–Crippen LogP) is 4.02. The van der Waals surface area contributed by atoms with Crippen molar-refractivity contribution in [3.05, 3.63) is 34.4 Å². The van der Waals surface area contributed by atoms with Crippen molar-refractivity contribution in [2.75, 3.05) is 0 Å². The maximum absolute atomic E-state index is 10.1. The van der Waals surface area contributed by atoms with E-state index in [0.717, 1.165) is 12.8 Å². The summed E-state index contributed by atoms with van der Waals surface area (Å²) in [5, 5.41) is 10.1. The standard InChI is InChI=1S/C17H24O/c1-16(2)7-8-17(3,4)14-10-12-11(9-13(14)16)5-6-15(12)18/h9-10,15,18H,5-8H2,1-4H3. The number of aryl methyl sites for hydroxylation is 1. The molecule has 0 heterocycles. The lowest BCUT2D eigenvalue weighted by Gasteiger charge is -2.42. The Morgan fingerprint density at radius 1 is 1.00 bits per heavy atom. The molecule has 0 radical (unpaired) electrons. The van der Waals surface area contributed by atoms with Crippen LogP contribution in [0.5, 0.6) is 0 Å². The second-order valence-corrected chi connectivity index (χ2v) is 7.42. The summed E-state index contributed by atoms with van der Waals surface area (Å²) in [6, 6.07) is 4.70. The molecule has 1 N–H and O–H groups in total. The normalized spacial score (nSPS) is 27.7. The lowest BCUT2D eigenvalue weighted by molar-refractivity contribution is 0.179. The largest absolute Gasteiger partial charge is 0.388 e. The first kappa shape index (κ1) is 12.2. The smallest absolute Gasteiger partial charge is 0.0796 e. The molecule has 0 amide bonds. The average molecular weight is 244 g/mol. The number of aliphatic hydroxyl groups is 1. The van der Waals surface area contributed by atoms with E-state index < -0.39 is 0 Å². The fourth-order valence-corrected chi connectivity index (χ4v) is 3.65. The summed E-state index contributed by atoms with van der Waals surface area (Å²) in [7, 11) is 0. The van der Waals surface area contributed by atoms with Crippen LogP contribution in [0.25, 0.3) is 0 Å². The second-order valence-electron chi connectivity index (χ2n) is 7.42. The van der Waals surface area contributed by atoms with Gasteiger partial charge >= 0.3 is 0 Å². The second kappa shape index (κ2) is 3.60. The summed E-state index contributed by atoms with van der Waals surface area (Å²) in [6.45, 7) is 9.40. The van der Waals surface area contributed by atoms with Crippen LogP contribution >= 0.6 is 0 Å². The van der Waals surface area contributed by atoms with Crippen LogP contribution < -0.4 is 0 Å². The Kier molecular flexibility index (Phi) is 2.45. The lowest BCUT2D eigenvalue weighted by atomic mass is 9.62. The number of benzene rings is 1. The molecule has 2 aliphatic rings. The molecule has 0 spiro atoms. The molecule has 1 atom stereocenters. The van der Waals surface area contributed by atoms with Gasteiger partial charge in [-0.3, -0.25) is 0 Å². The fourth-order valence-electron chi connectivity index (χ4n) is 3.65. The Labute approximate surface area is 110 Å². The number of aliphatic hydroxyl groups excluding tert-OH is 1. The predicted molar refractivity (Wildman–Crippen MR) is 75.0 cm³/mol. The van der Waals surface area contributed by atoms with Crippen LogP contribution in [0.15, 0.2) is 12.1 Å². The van der Waals surface area contributed by atoms with Gasteiger partial charge in [0.05, 0.1) is 6.10 Å². The van der Waals surface area contributed by atoms with Gasteiger partial charge in [0.15, 0.2) is 0 Å². The zero-order valence-corrected chi connectivity index (χ0v) is 12.0. The number of rotatable bonds is 0. The van der Waals surface area contributed by atoms with Gasteiger partial charge in [-0.25, -0.2) is 0 Å². The average Bonchev–Trinajstić information content (AvgIpc) is 2.66.